The van der Waals surface area contributed by atoms with Crippen molar-refractivity contribution in [2.75, 3.05) is 9.80 Å². The Morgan fingerprint density at radius 2 is 0.359 bits per heavy atom. The van der Waals surface area contributed by atoms with Gasteiger partial charge < -0.3 is 9.80 Å². The van der Waals surface area contributed by atoms with Crippen LogP contribution in [0.1, 0.15) is 0 Å². The molecule has 11 rings (SSSR count). The second-order valence-electron chi connectivity index (χ2n) is 15.4. The number of benzene rings is 7. The third kappa shape index (κ3) is 8.28. The van der Waals surface area contributed by atoms with Crippen molar-refractivity contribution in [3.63, 3.8) is 0 Å². The summed E-state index contributed by atoms with van der Waals surface area (Å²) in [5, 5.41) is 8.52. The van der Waals surface area contributed by atoms with Crippen LogP contribution in [0.5, 0.6) is 0 Å². The second kappa shape index (κ2) is 18.0. The molecule has 0 amide bonds. The van der Waals surface area contributed by atoms with Crippen LogP contribution in [0.3, 0.4) is 0 Å². The fourth-order valence-corrected chi connectivity index (χ4v) is 11.2. The van der Waals surface area contributed by atoms with Gasteiger partial charge in [-0.1, -0.05) is 121 Å². The summed E-state index contributed by atoms with van der Waals surface area (Å²) in [6.07, 6.45) is 0. The molecule has 0 unspecified atom stereocenters. The van der Waals surface area contributed by atoms with Gasteiger partial charge in [-0.25, -0.2) is 0 Å². The van der Waals surface area contributed by atoms with Gasteiger partial charge in [-0.3, -0.25) is 0 Å². The first-order valence-electron chi connectivity index (χ1n) is 21.2. The summed E-state index contributed by atoms with van der Waals surface area (Å²) >= 11 is 7.07. The van der Waals surface area contributed by atoms with Crippen molar-refractivity contribution in [2.24, 2.45) is 0 Å². The normalized spacial score (nSPS) is 11.1. The molecule has 306 valence electrons. The molecule has 4 heterocycles. The minimum atomic E-state index is 1.11. The van der Waals surface area contributed by atoms with Gasteiger partial charge in [0.2, 0.25) is 0 Å². The van der Waals surface area contributed by atoms with Crippen LogP contribution in [-0.4, -0.2) is 0 Å². The Labute approximate surface area is 390 Å². The van der Waals surface area contributed by atoms with Crippen molar-refractivity contribution in [3.8, 4) is 64.0 Å². The van der Waals surface area contributed by atoms with E-state index in [9.17, 15) is 0 Å². The van der Waals surface area contributed by atoms with E-state index in [1.807, 2.05) is 0 Å². The van der Waals surface area contributed by atoms with Crippen LogP contribution in [-0.2, 0) is 0 Å². The molecule has 0 aliphatic rings. The van der Waals surface area contributed by atoms with Crippen LogP contribution < -0.4 is 9.80 Å². The third-order valence-corrected chi connectivity index (χ3v) is 15.2. The Hall–Kier alpha value is -7.06. The summed E-state index contributed by atoms with van der Waals surface area (Å²) in [4.78, 5) is 9.78. The maximum absolute atomic E-state index is 2.34. The molecule has 0 aliphatic carbocycles. The Kier molecular flexibility index (Phi) is 11.2. The Morgan fingerprint density at radius 3 is 0.531 bits per heavy atom. The van der Waals surface area contributed by atoms with E-state index in [4.69, 9.17) is 0 Å². The largest absolute Gasteiger partial charge is 0.311 e. The zero-order valence-corrected chi connectivity index (χ0v) is 37.9. The van der Waals surface area contributed by atoms with Gasteiger partial charge in [0.15, 0.2) is 0 Å². The molecule has 0 fully saturated rings. The molecule has 0 saturated heterocycles. The third-order valence-electron chi connectivity index (χ3n) is 11.5. The predicted molar refractivity (Wildman–Crippen MR) is 280 cm³/mol. The fourth-order valence-electron chi connectivity index (χ4n) is 8.23. The number of anilines is 6. The molecular weight excluding hydrogens is 853 g/mol. The molecule has 7 aromatic carbocycles. The standard InChI is InChI=1S/C58H40N2S4/c1-5-55(61-37-1)45-17-29-51(30-18-45)59(52-31-19-46(20-32-52)56-6-2-38-62-56)49-25-13-43(14-26-49)41-9-11-42(12-10-41)44-15-27-50(28-16-44)60(53-33-21-47(22-34-53)57-7-3-39-63-57)54-35-23-48(24-36-54)58-8-4-40-64-58/h1-40H. The lowest BCUT2D eigenvalue weighted by Crippen LogP contribution is -2.09. The summed E-state index contributed by atoms with van der Waals surface area (Å²) in [6, 6.07) is 79.6. The fraction of sp³-hybridized carbons (Fsp3) is 0. The van der Waals surface area contributed by atoms with E-state index in [0.717, 1.165) is 34.1 Å². The van der Waals surface area contributed by atoms with Gasteiger partial charge in [0.05, 0.1) is 0 Å². The molecule has 0 radical (unpaired) electrons. The number of rotatable bonds is 12. The van der Waals surface area contributed by atoms with Gasteiger partial charge in [0, 0.05) is 53.6 Å². The van der Waals surface area contributed by atoms with E-state index >= 15 is 0 Å². The molecule has 0 bridgehead atoms. The summed E-state index contributed by atoms with van der Waals surface area (Å²) < 4.78 is 0. The number of nitrogens with zero attached hydrogens (tertiary/aromatic N) is 2. The van der Waals surface area contributed by atoms with E-state index in [1.165, 1.54) is 64.0 Å². The Morgan fingerprint density at radius 1 is 0.188 bits per heavy atom. The molecule has 11 aromatic rings. The first kappa shape index (κ1) is 39.8. The maximum Gasteiger partial charge on any atom is 0.0462 e. The highest BCUT2D eigenvalue weighted by atomic mass is 32.1. The molecular formula is C58H40N2S4. The summed E-state index contributed by atoms with van der Waals surface area (Å²) in [5.41, 5.74) is 16.3. The van der Waals surface area contributed by atoms with Crippen molar-refractivity contribution >= 4 is 79.5 Å². The van der Waals surface area contributed by atoms with Crippen molar-refractivity contribution in [1.29, 1.82) is 0 Å². The molecule has 2 nitrogen and oxygen atoms in total. The lowest BCUT2D eigenvalue weighted by atomic mass is 9.99. The number of thiophene rings is 4. The topological polar surface area (TPSA) is 6.48 Å². The van der Waals surface area contributed by atoms with E-state index in [2.05, 4.69) is 250 Å². The van der Waals surface area contributed by atoms with Crippen LogP contribution in [0.2, 0.25) is 0 Å². The van der Waals surface area contributed by atoms with Crippen molar-refractivity contribution in [2.45, 2.75) is 0 Å². The van der Waals surface area contributed by atoms with E-state index in [1.54, 1.807) is 45.3 Å². The SMILES string of the molecule is c1csc(-c2ccc(N(c3ccc(-c4ccc(-c5ccc(N(c6ccc(-c7cccs7)cc6)c6ccc(-c7cccs7)cc6)cc5)cc4)cc3)c3ccc(-c4cccs4)cc3)cc2)c1. The highest BCUT2D eigenvalue weighted by Crippen LogP contribution is 2.41. The van der Waals surface area contributed by atoms with Crippen molar-refractivity contribution < 1.29 is 0 Å². The molecule has 4 aromatic heterocycles. The van der Waals surface area contributed by atoms with Crippen LogP contribution >= 0.6 is 45.3 Å². The monoisotopic (exact) mass is 892 g/mol. The summed E-state index contributed by atoms with van der Waals surface area (Å²) in [7, 11) is 0. The van der Waals surface area contributed by atoms with Crippen LogP contribution in [0.4, 0.5) is 34.1 Å². The lowest BCUT2D eigenvalue weighted by Gasteiger charge is -2.26. The molecule has 0 atom stereocenters. The molecule has 0 saturated carbocycles. The average molecular weight is 893 g/mol. The van der Waals surface area contributed by atoms with E-state index in [0.29, 0.717) is 0 Å². The zero-order valence-electron chi connectivity index (χ0n) is 34.6. The van der Waals surface area contributed by atoms with Gasteiger partial charge in [-0.05, 0) is 163 Å². The molecule has 0 spiro atoms. The highest BCUT2D eigenvalue weighted by Gasteiger charge is 2.16. The van der Waals surface area contributed by atoms with Crippen LogP contribution in [0.25, 0.3) is 64.0 Å². The predicted octanol–water partition coefficient (Wildman–Crippen LogP) is 18.9. The maximum atomic E-state index is 2.34. The van der Waals surface area contributed by atoms with Gasteiger partial charge in [-0.2, -0.15) is 0 Å². The minimum absolute atomic E-state index is 1.11. The van der Waals surface area contributed by atoms with Gasteiger partial charge >= 0.3 is 0 Å². The quantitative estimate of drug-likeness (QED) is 0.121. The minimum Gasteiger partial charge on any atom is -0.311 e. The van der Waals surface area contributed by atoms with Crippen molar-refractivity contribution in [3.05, 3.63) is 240 Å². The number of hydrogen-bond acceptors (Lipinski definition) is 6. The average Bonchev–Trinajstić information content (AvgIpc) is 4.23. The van der Waals surface area contributed by atoms with Crippen LogP contribution in [0.15, 0.2) is 240 Å². The zero-order chi connectivity index (χ0) is 42.7. The molecule has 0 N–H and O–H groups in total. The summed E-state index contributed by atoms with van der Waals surface area (Å²) in [5.74, 6) is 0. The second-order valence-corrected chi connectivity index (χ2v) is 19.2. The van der Waals surface area contributed by atoms with Crippen LogP contribution in [0, 0.1) is 0 Å². The van der Waals surface area contributed by atoms with Gasteiger partial charge in [-0.15, -0.1) is 45.3 Å². The molecule has 6 heteroatoms. The Bertz CT molecular complexity index is 2790. The Balaban J connectivity index is 0.850. The smallest absolute Gasteiger partial charge is 0.0462 e. The van der Waals surface area contributed by atoms with E-state index in [-0.39, 0.29) is 0 Å². The molecule has 0 aliphatic heterocycles. The van der Waals surface area contributed by atoms with E-state index < -0.39 is 0 Å². The molecule has 64 heavy (non-hydrogen) atoms. The number of hydrogen-bond donors (Lipinski definition) is 0. The first-order chi connectivity index (χ1) is 31.7. The van der Waals surface area contributed by atoms with Gasteiger partial charge in [0.25, 0.3) is 0 Å². The summed E-state index contributed by atoms with van der Waals surface area (Å²) in [6.45, 7) is 0. The first-order valence-corrected chi connectivity index (χ1v) is 24.7. The van der Waals surface area contributed by atoms with Crippen molar-refractivity contribution in [1.82, 2.24) is 0 Å². The lowest BCUT2D eigenvalue weighted by molar-refractivity contribution is 1.28. The highest BCUT2D eigenvalue weighted by molar-refractivity contribution is 7.14. The van der Waals surface area contributed by atoms with Gasteiger partial charge in [0.1, 0.15) is 0 Å².